The summed E-state index contributed by atoms with van der Waals surface area (Å²) in [7, 11) is 2.01. The Balaban J connectivity index is 1.80. The van der Waals surface area contributed by atoms with Gasteiger partial charge in [-0.05, 0) is 44.5 Å². The minimum Gasteiger partial charge on any atom is -0.368 e. The molecule has 4 heteroatoms. The Morgan fingerprint density at radius 2 is 2.21 bits per heavy atom. The van der Waals surface area contributed by atoms with E-state index < -0.39 is 0 Å². The Hall–Kier alpha value is -1.13. The molecule has 1 unspecified atom stereocenters. The topological polar surface area (TPSA) is 31.4 Å². The molecular weight excluding hydrogens is 236 g/mol. The minimum atomic E-state index is 0.755. The smallest absolute Gasteiger partial charge is 0.0598 e. The van der Waals surface area contributed by atoms with Gasteiger partial charge >= 0.3 is 0 Å². The maximum absolute atomic E-state index is 4.34. The molecule has 1 atom stereocenters. The van der Waals surface area contributed by atoms with Gasteiger partial charge in [0.1, 0.15) is 0 Å². The van der Waals surface area contributed by atoms with Crippen LogP contribution in [0.25, 0.3) is 0 Å². The molecule has 0 saturated carbocycles. The van der Waals surface area contributed by atoms with Gasteiger partial charge in [0.05, 0.1) is 11.9 Å². The fraction of sp³-hybridized carbons (Fsp3) is 0.667. The highest BCUT2D eigenvalue weighted by atomic mass is 15.3. The summed E-state index contributed by atoms with van der Waals surface area (Å²) >= 11 is 0. The summed E-state index contributed by atoms with van der Waals surface area (Å²) < 4.78 is 0. The average Bonchev–Trinajstić information content (AvgIpc) is 2.77. The van der Waals surface area contributed by atoms with E-state index in [2.05, 4.69) is 26.2 Å². The average molecular weight is 260 g/mol. The zero-order valence-electron chi connectivity index (χ0n) is 11.8. The highest BCUT2D eigenvalue weighted by Crippen LogP contribution is 2.26. The van der Waals surface area contributed by atoms with Crippen molar-refractivity contribution >= 4 is 5.69 Å². The predicted molar refractivity (Wildman–Crippen MR) is 78.4 cm³/mol. The van der Waals surface area contributed by atoms with E-state index in [-0.39, 0.29) is 0 Å². The minimum absolute atomic E-state index is 0.755. The van der Waals surface area contributed by atoms with Crippen LogP contribution in [-0.2, 0) is 6.54 Å². The third-order valence-electron chi connectivity index (χ3n) is 4.40. The first kappa shape index (κ1) is 12.9. The van der Waals surface area contributed by atoms with E-state index in [9.17, 15) is 0 Å². The van der Waals surface area contributed by atoms with Gasteiger partial charge in [0.2, 0.25) is 0 Å². The molecule has 0 bridgehead atoms. The summed E-state index contributed by atoms with van der Waals surface area (Å²) in [6.07, 6.45) is 7.94. The van der Waals surface area contributed by atoms with Crippen LogP contribution in [0.5, 0.6) is 0 Å². The largest absolute Gasteiger partial charge is 0.368 e. The van der Waals surface area contributed by atoms with Crippen LogP contribution < -0.4 is 10.2 Å². The molecule has 3 heterocycles. The molecule has 104 valence electrons. The summed E-state index contributed by atoms with van der Waals surface area (Å²) in [4.78, 5) is 9.56. The predicted octanol–water partition coefficient (Wildman–Crippen LogP) is 1.48. The van der Waals surface area contributed by atoms with E-state index >= 15 is 0 Å². The van der Waals surface area contributed by atoms with Gasteiger partial charge in [-0.3, -0.25) is 9.88 Å². The molecule has 0 amide bonds. The Kier molecular flexibility index (Phi) is 3.99. The molecule has 2 saturated heterocycles. The van der Waals surface area contributed by atoms with Gasteiger partial charge < -0.3 is 10.2 Å². The highest BCUT2D eigenvalue weighted by Gasteiger charge is 2.29. The van der Waals surface area contributed by atoms with E-state index in [0.717, 1.165) is 19.1 Å². The summed E-state index contributed by atoms with van der Waals surface area (Å²) in [5.74, 6) is 0. The summed E-state index contributed by atoms with van der Waals surface area (Å²) in [5, 5.41) is 3.26. The van der Waals surface area contributed by atoms with E-state index in [0.29, 0.717) is 0 Å². The standard InChI is InChI=1S/C15H24N4/c1-16-10-13-5-6-17-11-15(13)19-9-3-8-18-7-2-4-14(18)12-19/h5-6,11,14,16H,2-4,7-10,12H2,1H3. The van der Waals surface area contributed by atoms with Gasteiger partial charge in [0.25, 0.3) is 0 Å². The molecule has 2 fully saturated rings. The van der Waals surface area contributed by atoms with Crippen molar-refractivity contribution in [3.05, 3.63) is 24.0 Å². The second-order valence-electron chi connectivity index (χ2n) is 5.67. The van der Waals surface area contributed by atoms with Crippen molar-refractivity contribution in [1.29, 1.82) is 0 Å². The van der Waals surface area contributed by atoms with Gasteiger partial charge in [0.15, 0.2) is 0 Å². The van der Waals surface area contributed by atoms with E-state index in [1.54, 1.807) is 0 Å². The number of rotatable bonds is 3. The van der Waals surface area contributed by atoms with Crippen LogP contribution in [0, 0.1) is 0 Å². The van der Waals surface area contributed by atoms with Crippen LogP contribution in [0.15, 0.2) is 18.5 Å². The number of fused-ring (bicyclic) bond motifs is 1. The maximum atomic E-state index is 4.34. The van der Waals surface area contributed by atoms with Crippen LogP contribution in [-0.4, -0.2) is 49.2 Å². The molecule has 0 spiro atoms. The fourth-order valence-electron chi connectivity index (χ4n) is 3.47. The molecule has 19 heavy (non-hydrogen) atoms. The van der Waals surface area contributed by atoms with Crippen LogP contribution >= 0.6 is 0 Å². The van der Waals surface area contributed by atoms with Crippen molar-refractivity contribution in [2.75, 3.05) is 38.1 Å². The monoisotopic (exact) mass is 260 g/mol. The van der Waals surface area contributed by atoms with E-state index in [1.165, 1.54) is 50.1 Å². The maximum Gasteiger partial charge on any atom is 0.0598 e. The molecule has 2 aliphatic rings. The Morgan fingerprint density at radius 1 is 1.32 bits per heavy atom. The SMILES string of the molecule is CNCc1ccncc1N1CCCN2CCCC2C1. The van der Waals surface area contributed by atoms with Crippen molar-refractivity contribution < 1.29 is 0 Å². The summed E-state index contributed by atoms with van der Waals surface area (Å²) in [6, 6.07) is 2.90. The zero-order valence-corrected chi connectivity index (χ0v) is 11.8. The van der Waals surface area contributed by atoms with Crippen molar-refractivity contribution in [2.24, 2.45) is 0 Å². The zero-order chi connectivity index (χ0) is 13.1. The van der Waals surface area contributed by atoms with Crippen molar-refractivity contribution in [2.45, 2.75) is 31.8 Å². The molecule has 1 aromatic heterocycles. The fourth-order valence-corrected chi connectivity index (χ4v) is 3.47. The molecule has 0 aromatic carbocycles. The second kappa shape index (κ2) is 5.88. The normalized spacial score (nSPS) is 24.3. The number of nitrogens with zero attached hydrogens (tertiary/aromatic N) is 3. The lowest BCUT2D eigenvalue weighted by Gasteiger charge is -2.28. The highest BCUT2D eigenvalue weighted by molar-refractivity contribution is 5.52. The molecular formula is C15H24N4. The Morgan fingerprint density at radius 3 is 3.11 bits per heavy atom. The number of nitrogens with one attached hydrogen (secondary N) is 1. The van der Waals surface area contributed by atoms with Crippen LogP contribution in [0.2, 0.25) is 0 Å². The lowest BCUT2D eigenvalue weighted by molar-refractivity contribution is 0.273. The third-order valence-corrected chi connectivity index (χ3v) is 4.40. The van der Waals surface area contributed by atoms with Crippen LogP contribution in [0.4, 0.5) is 5.69 Å². The van der Waals surface area contributed by atoms with Gasteiger partial charge in [0, 0.05) is 38.4 Å². The Bertz CT molecular complexity index is 420. The summed E-state index contributed by atoms with van der Waals surface area (Å²) in [6.45, 7) is 5.82. The van der Waals surface area contributed by atoms with E-state index in [1.807, 2.05) is 19.4 Å². The third kappa shape index (κ3) is 2.74. The first-order valence-corrected chi connectivity index (χ1v) is 7.45. The van der Waals surface area contributed by atoms with Crippen molar-refractivity contribution in [3.8, 4) is 0 Å². The van der Waals surface area contributed by atoms with E-state index in [4.69, 9.17) is 0 Å². The van der Waals surface area contributed by atoms with Crippen LogP contribution in [0.1, 0.15) is 24.8 Å². The summed E-state index contributed by atoms with van der Waals surface area (Å²) in [5.41, 5.74) is 2.69. The number of aromatic nitrogens is 1. The van der Waals surface area contributed by atoms with Crippen molar-refractivity contribution in [1.82, 2.24) is 15.2 Å². The molecule has 4 nitrogen and oxygen atoms in total. The van der Waals surface area contributed by atoms with Gasteiger partial charge in [-0.2, -0.15) is 0 Å². The van der Waals surface area contributed by atoms with Gasteiger partial charge in [-0.1, -0.05) is 0 Å². The number of hydrogen-bond donors (Lipinski definition) is 1. The number of pyridine rings is 1. The quantitative estimate of drug-likeness (QED) is 0.892. The molecule has 1 aromatic rings. The van der Waals surface area contributed by atoms with Gasteiger partial charge in [-0.15, -0.1) is 0 Å². The van der Waals surface area contributed by atoms with Gasteiger partial charge in [-0.25, -0.2) is 0 Å². The number of hydrogen-bond acceptors (Lipinski definition) is 4. The first-order chi connectivity index (χ1) is 9.38. The molecule has 0 aliphatic carbocycles. The number of anilines is 1. The Labute approximate surface area is 115 Å². The molecule has 2 aliphatic heterocycles. The van der Waals surface area contributed by atoms with Crippen LogP contribution in [0.3, 0.4) is 0 Å². The van der Waals surface area contributed by atoms with Crippen molar-refractivity contribution in [3.63, 3.8) is 0 Å². The molecule has 3 rings (SSSR count). The molecule has 0 radical (unpaired) electrons. The molecule has 1 N–H and O–H groups in total. The second-order valence-corrected chi connectivity index (χ2v) is 5.67. The lowest BCUT2D eigenvalue weighted by Crippen LogP contribution is -2.37. The lowest BCUT2D eigenvalue weighted by atomic mass is 10.1. The first-order valence-electron chi connectivity index (χ1n) is 7.45.